The Hall–Kier alpha value is -8.24. The SMILES string of the molecule is [2H]c1c([2H])c([2H])c2c([2H])c(C3(c4ccc5c(c4)sc4ccccc45)c4ccc(N(c5ccccc5)c5ccccc5)cc4-c4cc(N(c5ccccc5)c5ccc6ccccc6c5)ccc43)c([2H])c([2H])c2c1[2H]. The Kier molecular flexibility index (Phi) is 7.41. The number of benzene rings is 11. The topological polar surface area (TPSA) is 6.48 Å². The van der Waals surface area contributed by atoms with Gasteiger partial charge in [0.05, 0.1) is 15.0 Å². The number of hydrogen-bond acceptors (Lipinski definition) is 3. The Balaban J connectivity index is 1.17. The molecule has 11 aromatic carbocycles. The summed E-state index contributed by atoms with van der Waals surface area (Å²) in [6.07, 6.45) is 0. The molecule has 3 heteroatoms. The van der Waals surface area contributed by atoms with E-state index in [-0.39, 0.29) is 34.5 Å². The van der Waals surface area contributed by atoms with Crippen LogP contribution in [0.3, 0.4) is 0 Å². The molecule has 0 radical (unpaired) electrons. The first-order chi connectivity index (χ1) is 35.6. The van der Waals surface area contributed by atoms with E-state index >= 15 is 0 Å². The first kappa shape index (κ1) is 31.6. The predicted molar refractivity (Wildman–Crippen MR) is 281 cm³/mol. The van der Waals surface area contributed by atoms with Gasteiger partial charge < -0.3 is 9.80 Å². The van der Waals surface area contributed by atoms with Gasteiger partial charge in [-0.1, -0.05) is 164 Å². The molecule has 310 valence electrons. The van der Waals surface area contributed by atoms with Crippen molar-refractivity contribution in [2.24, 2.45) is 0 Å². The Morgan fingerprint density at radius 1 is 0.348 bits per heavy atom. The molecule has 1 aromatic heterocycles. The number of para-hydroxylation sites is 3. The number of anilines is 6. The minimum absolute atomic E-state index is 0.0848. The van der Waals surface area contributed by atoms with Crippen molar-refractivity contribution in [3.8, 4) is 11.1 Å². The molecule has 1 unspecified atom stereocenters. The minimum Gasteiger partial charge on any atom is -0.310 e. The molecule has 1 aliphatic rings. The zero-order valence-electron chi connectivity index (χ0n) is 42.5. The van der Waals surface area contributed by atoms with Gasteiger partial charge in [-0.15, -0.1) is 11.3 Å². The smallest absolute Gasteiger partial charge is 0.0714 e. The molecule has 1 heterocycles. The van der Waals surface area contributed by atoms with E-state index in [9.17, 15) is 5.48 Å². The van der Waals surface area contributed by atoms with Gasteiger partial charge in [0.15, 0.2) is 0 Å². The second kappa shape index (κ2) is 15.5. The van der Waals surface area contributed by atoms with E-state index in [4.69, 9.17) is 4.11 Å². The summed E-state index contributed by atoms with van der Waals surface area (Å²) in [6.45, 7) is 0. The van der Waals surface area contributed by atoms with Crippen molar-refractivity contribution in [2.75, 3.05) is 9.80 Å². The largest absolute Gasteiger partial charge is 0.310 e. The highest BCUT2D eigenvalue weighted by molar-refractivity contribution is 7.25. The number of hydrogen-bond donors (Lipinski definition) is 0. The fourth-order valence-electron chi connectivity index (χ4n) is 10.2. The monoisotopic (exact) mass is 865 g/mol. The quantitative estimate of drug-likeness (QED) is 0.150. The standard InChI is InChI=1S/C63H42N2S/c1-4-20-49(21-5-1)64(50-22-6-2-7-23-50)53-33-36-59-57(41-53)58-42-54(65(51-24-8-3-9-25-51)52-32-29-44-17-11-13-19-46(44)39-52)34-37-60(58)63(59,47-30-28-43-16-10-12-18-45(43)38-47)48-31-35-56-55-26-14-15-27-61(55)66-62(56)40-48/h1-42H/i10D,12D,16D,18D,28D,30D,38D. The second-order valence-corrected chi connectivity index (χ2v) is 17.8. The summed E-state index contributed by atoms with van der Waals surface area (Å²) in [6, 6.07) is 70.4. The molecule has 66 heavy (non-hydrogen) atoms. The van der Waals surface area contributed by atoms with E-state index in [1.54, 1.807) is 11.3 Å². The van der Waals surface area contributed by atoms with Crippen molar-refractivity contribution in [1.82, 2.24) is 0 Å². The molecule has 0 aliphatic heterocycles. The van der Waals surface area contributed by atoms with Crippen molar-refractivity contribution in [2.45, 2.75) is 5.41 Å². The average molecular weight is 866 g/mol. The number of nitrogens with zero attached hydrogens (tertiary/aromatic N) is 2. The van der Waals surface area contributed by atoms with Crippen LogP contribution in [0.2, 0.25) is 0 Å². The van der Waals surface area contributed by atoms with Gasteiger partial charge in [0, 0.05) is 54.3 Å². The van der Waals surface area contributed by atoms with Gasteiger partial charge in [-0.25, -0.2) is 0 Å². The van der Waals surface area contributed by atoms with Crippen molar-refractivity contribution < 1.29 is 9.60 Å². The Labute approximate surface area is 398 Å². The third-order valence-electron chi connectivity index (χ3n) is 13.1. The Morgan fingerprint density at radius 3 is 1.55 bits per heavy atom. The third kappa shape index (κ3) is 6.09. The maximum atomic E-state index is 10.3. The van der Waals surface area contributed by atoms with Gasteiger partial charge in [-0.3, -0.25) is 0 Å². The summed E-state index contributed by atoms with van der Waals surface area (Å²) >= 11 is 1.67. The van der Waals surface area contributed by atoms with Crippen LogP contribution in [-0.4, -0.2) is 0 Å². The van der Waals surface area contributed by atoms with E-state index < -0.39 is 29.6 Å². The zero-order chi connectivity index (χ0) is 49.7. The minimum atomic E-state index is -1.44. The van der Waals surface area contributed by atoms with Gasteiger partial charge in [0.1, 0.15) is 0 Å². The van der Waals surface area contributed by atoms with Crippen molar-refractivity contribution in [1.29, 1.82) is 0 Å². The molecule has 0 spiro atoms. The molecular weight excluding hydrogens is 817 g/mol. The maximum Gasteiger partial charge on any atom is 0.0714 e. The van der Waals surface area contributed by atoms with E-state index in [1.165, 1.54) is 0 Å². The lowest BCUT2D eigenvalue weighted by Crippen LogP contribution is -2.28. The first-order valence-corrected chi connectivity index (χ1v) is 22.9. The molecule has 13 rings (SSSR count). The van der Waals surface area contributed by atoms with Crippen LogP contribution in [0.4, 0.5) is 34.1 Å². The van der Waals surface area contributed by atoms with Crippen LogP contribution < -0.4 is 9.80 Å². The van der Waals surface area contributed by atoms with Crippen LogP contribution in [-0.2, 0) is 5.41 Å². The summed E-state index contributed by atoms with van der Waals surface area (Å²) in [5.74, 6) is 0. The lowest BCUT2D eigenvalue weighted by atomic mass is 9.67. The third-order valence-corrected chi connectivity index (χ3v) is 14.2. The van der Waals surface area contributed by atoms with Crippen LogP contribution in [0.15, 0.2) is 255 Å². The normalized spacial score (nSPS) is 15.6. The number of thiophene rings is 1. The second-order valence-electron chi connectivity index (χ2n) is 16.7. The number of fused-ring (bicyclic) bond motifs is 8. The summed E-state index contributed by atoms with van der Waals surface area (Å²) in [7, 11) is 0. The van der Waals surface area contributed by atoms with Crippen LogP contribution >= 0.6 is 11.3 Å². The fourth-order valence-corrected chi connectivity index (χ4v) is 11.3. The summed E-state index contributed by atoms with van der Waals surface area (Å²) in [5, 5.41) is 4.20. The fraction of sp³-hybridized carbons (Fsp3) is 0.0159. The van der Waals surface area contributed by atoms with E-state index in [2.05, 4.69) is 143 Å². The molecule has 1 atom stereocenters. The molecule has 0 N–H and O–H groups in total. The lowest BCUT2D eigenvalue weighted by Gasteiger charge is -2.35. The predicted octanol–water partition coefficient (Wildman–Crippen LogP) is 17.7. The highest BCUT2D eigenvalue weighted by Gasteiger charge is 2.47. The number of rotatable bonds is 8. The molecule has 12 aromatic rings. The Morgan fingerprint density at radius 2 is 0.879 bits per heavy atom. The molecule has 0 saturated heterocycles. The van der Waals surface area contributed by atoms with Crippen molar-refractivity contribution in [3.63, 3.8) is 0 Å². The van der Waals surface area contributed by atoms with E-state index in [1.807, 2.05) is 78.9 Å². The Bertz CT molecular complexity index is 4160. The first-order valence-electron chi connectivity index (χ1n) is 25.6. The van der Waals surface area contributed by atoms with Crippen LogP contribution in [0.1, 0.15) is 31.8 Å². The molecule has 1 aliphatic carbocycles. The molecule has 0 fully saturated rings. The van der Waals surface area contributed by atoms with E-state index in [0.717, 1.165) is 92.9 Å². The summed E-state index contributed by atoms with van der Waals surface area (Å²) in [4.78, 5) is 4.47. The molecular formula is C63H42N2S. The van der Waals surface area contributed by atoms with Crippen molar-refractivity contribution >= 4 is 87.2 Å². The highest BCUT2D eigenvalue weighted by atomic mass is 32.1. The summed E-state index contributed by atoms with van der Waals surface area (Å²) < 4.78 is 68.0. The average Bonchev–Trinajstić information content (AvgIpc) is 3.96. The molecule has 0 amide bonds. The highest BCUT2D eigenvalue weighted by Crippen LogP contribution is 2.59. The van der Waals surface area contributed by atoms with Gasteiger partial charge in [-0.2, -0.15) is 0 Å². The van der Waals surface area contributed by atoms with Crippen LogP contribution in [0.5, 0.6) is 0 Å². The molecule has 0 bridgehead atoms. The van der Waals surface area contributed by atoms with Gasteiger partial charge in [-0.05, 0) is 146 Å². The van der Waals surface area contributed by atoms with E-state index in [0.29, 0.717) is 0 Å². The summed E-state index contributed by atoms with van der Waals surface area (Å²) in [5.41, 5.74) is 8.36. The lowest BCUT2D eigenvalue weighted by molar-refractivity contribution is 0.771. The van der Waals surface area contributed by atoms with Crippen LogP contribution in [0, 0.1) is 0 Å². The molecule has 0 saturated carbocycles. The molecule has 2 nitrogen and oxygen atoms in total. The van der Waals surface area contributed by atoms with Crippen molar-refractivity contribution in [3.05, 3.63) is 277 Å². The van der Waals surface area contributed by atoms with Crippen LogP contribution in [0.25, 0.3) is 52.8 Å². The zero-order valence-corrected chi connectivity index (χ0v) is 36.3. The van der Waals surface area contributed by atoms with Gasteiger partial charge >= 0.3 is 0 Å². The van der Waals surface area contributed by atoms with Gasteiger partial charge in [0.2, 0.25) is 0 Å². The van der Waals surface area contributed by atoms with Gasteiger partial charge in [0.25, 0.3) is 0 Å². The maximum absolute atomic E-state index is 10.3.